The van der Waals surface area contributed by atoms with Gasteiger partial charge in [-0.3, -0.25) is 9.59 Å². The first kappa shape index (κ1) is 12.0. The Bertz CT molecular complexity index is 360. The second-order valence-corrected chi connectivity index (χ2v) is 5.69. The van der Waals surface area contributed by atoms with Crippen LogP contribution in [-0.4, -0.2) is 47.7 Å². The highest BCUT2D eigenvalue weighted by Gasteiger charge is 2.47. The van der Waals surface area contributed by atoms with Gasteiger partial charge >= 0.3 is 5.97 Å². The lowest BCUT2D eigenvalue weighted by Gasteiger charge is -2.19. The van der Waals surface area contributed by atoms with E-state index in [0.717, 1.165) is 25.7 Å². The minimum Gasteiger partial charge on any atom is -0.481 e. The monoisotopic (exact) mass is 253 g/mol. The van der Waals surface area contributed by atoms with E-state index in [1.165, 1.54) is 0 Å². The lowest BCUT2D eigenvalue weighted by atomic mass is 9.92. The molecule has 3 aliphatic rings. The standard InChI is InChI=1S/C13H19NO4/c15-12(11-2-1-5-18-11)14-6-9(8-3-4-8)10(7-14)13(16)17/h8-11H,1-7H2,(H,16,17)/t9-,10+,11?/m0/s1. The number of carboxylic acid groups (broad SMARTS) is 1. The molecule has 0 radical (unpaired) electrons. The van der Waals surface area contributed by atoms with Crippen molar-refractivity contribution in [3.8, 4) is 0 Å². The van der Waals surface area contributed by atoms with Crippen LogP contribution in [0, 0.1) is 17.8 Å². The van der Waals surface area contributed by atoms with Gasteiger partial charge in [-0.25, -0.2) is 0 Å². The second-order valence-electron chi connectivity index (χ2n) is 5.69. The van der Waals surface area contributed by atoms with Crippen LogP contribution in [0.5, 0.6) is 0 Å². The van der Waals surface area contributed by atoms with Crippen molar-refractivity contribution in [2.45, 2.75) is 31.8 Å². The van der Waals surface area contributed by atoms with E-state index < -0.39 is 5.97 Å². The number of aliphatic carboxylic acids is 1. The molecule has 1 aliphatic carbocycles. The molecule has 5 nitrogen and oxygen atoms in total. The molecule has 1 unspecified atom stereocenters. The van der Waals surface area contributed by atoms with Crippen LogP contribution in [0.1, 0.15) is 25.7 Å². The summed E-state index contributed by atoms with van der Waals surface area (Å²) in [6, 6.07) is 0. The second kappa shape index (κ2) is 4.53. The minimum absolute atomic E-state index is 0.00176. The van der Waals surface area contributed by atoms with Gasteiger partial charge in [-0.1, -0.05) is 0 Å². The highest BCUT2D eigenvalue weighted by atomic mass is 16.5. The van der Waals surface area contributed by atoms with E-state index in [1.807, 2.05) is 0 Å². The summed E-state index contributed by atoms with van der Waals surface area (Å²) >= 11 is 0. The molecule has 100 valence electrons. The first-order valence-electron chi connectivity index (χ1n) is 6.80. The molecule has 0 aromatic heterocycles. The van der Waals surface area contributed by atoms with Crippen molar-refractivity contribution in [2.24, 2.45) is 17.8 Å². The lowest BCUT2D eigenvalue weighted by molar-refractivity contribution is -0.143. The molecule has 0 spiro atoms. The maximum Gasteiger partial charge on any atom is 0.308 e. The van der Waals surface area contributed by atoms with Crippen molar-refractivity contribution in [3.63, 3.8) is 0 Å². The van der Waals surface area contributed by atoms with Gasteiger partial charge in [0.15, 0.2) is 0 Å². The zero-order valence-corrected chi connectivity index (χ0v) is 10.4. The van der Waals surface area contributed by atoms with E-state index in [1.54, 1.807) is 4.90 Å². The fraction of sp³-hybridized carbons (Fsp3) is 0.846. The topological polar surface area (TPSA) is 66.8 Å². The zero-order chi connectivity index (χ0) is 12.7. The molecule has 2 aliphatic heterocycles. The average Bonchev–Trinajstić information content (AvgIpc) is 2.91. The van der Waals surface area contributed by atoms with Gasteiger partial charge in [0.1, 0.15) is 6.10 Å². The molecular weight excluding hydrogens is 234 g/mol. The Kier molecular flexibility index (Phi) is 3.01. The van der Waals surface area contributed by atoms with Gasteiger partial charge in [0.2, 0.25) is 0 Å². The molecule has 18 heavy (non-hydrogen) atoms. The van der Waals surface area contributed by atoms with E-state index in [0.29, 0.717) is 25.6 Å². The molecule has 5 heteroatoms. The number of carbonyl (C=O) groups excluding carboxylic acids is 1. The van der Waals surface area contributed by atoms with Crippen molar-refractivity contribution in [1.82, 2.24) is 4.90 Å². The molecule has 1 amide bonds. The summed E-state index contributed by atoms with van der Waals surface area (Å²) in [6.45, 7) is 1.63. The van der Waals surface area contributed by atoms with Crippen molar-refractivity contribution < 1.29 is 19.4 Å². The number of likely N-dealkylation sites (tertiary alicyclic amines) is 1. The van der Waals surface area contributed by atoms with Gasteiger partial charge < -0.3 is 14.7 Å². The van der Waals surface area contributed by atoms with Gasteiger partial charge in [0, 0.05) is 19.7 Å². The van der Waals surface area contributed by atoms with Crippen LogP contribution >= 0.6 is 0 Å². The van der Waals surface area contributed by atoms with Crippen LogP contribution < -0.4 is 0 Å². The predicted octanol–water partition coefficient (Wildman–Crippen LogP) is 0.735. The molecular formula is C13H19NO4. The Morgan fingerprint density at radius 2 is 1.94 bits per heavy atom. The van der Waals surface area contributed by atoms with E-state index >= 15 is 0 Å². The Labute approximate surface area is 106 Å². The molecule has 3 rings (SSSR count). The van der Waals surface area contributed by atoms with E-state index in [9.17, 15) is 14.7 Å². The quantitative estimate of drug-likeness (QED) is 0.805. The molecule has 3 atom stereocenters. The van der Waals surface area contributed by atoms with Crippen LogP contribution in [0.15, 0.2) is 0 Å². The van der Waals surface area contributed by atoms with Gasteiger partial charge in [0.05, 0.1) is 5.92 Å². The summed E-state index contributed by atoms with van der Waals surface area (Å²) in [5.74, 6) is -0.444. The molecule has 2 heterocycles. The minimum atomic E-state index is -0.755. The summed E-state index contributed by atoms with van der Waals surface area (Å²) in [7, 11) is 0. The van der Waals surface area contributed by atoms with Crippen molar-refractivity contribution in [3.05, 3.63) is 0 Å². The average molecular weight is 253 g/mol. The fourth-order valence-corrected chi connectivity index (χ4v) is 3.25. The maximum absolute atomic E-state index is 12.2. The van der Waals surface area contributed by atoms with Gasteiger partial charge in [0.25, 0.3) is 5.91 Å². The number of carbonyl (C=O) groups is 2. The van der Waals surface area contributed by atoms with E-state index in [-0.39, 0.29) is 23.8 Å². The molecule has 0 aromatic rings. The number of ether oxygens (including phenoxy) is 1. The SMILES string of the molecule is O=C(O)[C@@H]1CN(C(=O)C2CCCO2)C[C@H]1C1CC1. The molecule has 1 saturated carbocycles. The van der Waals surface area contributed by atoms with E-state index in [4.69, 9.17) is 4.74 Å². The van der Waals surface area contributed by atoms with Gasteiger partial charge in [-0.2, -0.15) is 0 Å². The Morgan fingerprint density at radius 3 is 2.50 bits per heavy atom. The first-order chi connectivity index (χ1) is 8.66. The van der Waals surface area contributed by atoms with E-state index in [2.05, 4.69) is 0 Å². The number of hydrogen-bond acceptors (Lipinski definition) is 3. The summed E-state index contributed by atoms with van der Waals surface area (Å²) in [6.07, 6.45) is 3.63. The molecule has 3 fully saturated rings. The summed E-state index contributed by atoms with van der Waals surface area (Å²) < 4.78 is 5.40. The summed E-state index contributed by atoms with van der Waals surface area (Å²) in [4.78, 5) is 25.2. The van der Waals surface area contributed by atoms with Crippen molar-refractivity contribution in [1.29, 1.82) is 0 Å². The lowest BCUT2D eigenvalue weighted by Crippen LogP contribution is -2.38. The fourth-order valence-electron chi connectivity index (χ4n) is 3.25. The number of amides is 1. The largest absolute Gasteiger partial charge is 0.481 e. The number of nitrogens with zero attached hydrogens (tertiary/aromatic N) is 1. The third kappa shape index (κ3) is 2.11. The Balaban J connectivity index is 1.67. The Hall–Kier alpha value is -1.10. The van der Waals surface area contributed by atoms with Crippen molar-refractivity contribution in [2.75, 3.05) is 19.7 Å². The number of rotatable bonds is 3. The first-order valence-corrected chi connectivity index (χ1v) is 6.80. The smallest absolute Gasteiger partial charge is 0.308 e. The van der Waals surface area contributed by atoms with Crippen LogP contribution in [0.25, 0.3) is 0 Å². The summed E-state index contributed by atoms with van der Waals surface area (Å²) in [5.41, 5.74) is 0. The molecule has 0 aromatic carbocycles. The molecule has 1 N–H and O–H groups in total. The maximum atomic E-state index is 12.2. The Morgan fingerprint density at radius 1 is 1.17 bits per heavy atom. The van der Waals surface area contributed by atoms with Crippen LogP contribution in [0.4, 0.5) is 0 Å². The third-order valence-electron chi connectivity index (χ3n) is 4.43. The normalized spacial score (nSPS) is 36.0. The molecule has 0 bridgehead atoms. The van der Waals surface area contributed by atoms with Crippen LogP contribution in [0.3, 0.4) is 0 Å². The third-order valence-corrected chi connectivity index (χ3v) is 4.43. The summed E-state index contributed by atoms with van der Waals surface area (Å²) in [5, 5.41) is 9.26. The van der Waals surface area contributed by atoms with Crippen LogP contribution in [0.2, 0.25) is 0 Å². The predicted molar refractivity (Wildman–Crippen MR) is 62.9 cm³/mol. The van der Waals surface area contributed by atoms with Crippen LogP contribution in [-0.2, 0) is 14.3 Å². The highest BCUT2D eigenvalue weighted by molar-refractivity contribution is 5.83. The van der Waals surface area contributed by atoms with Crippen molar-refractivity contribution >= 4 is 11.9 Å². The van der Waals surface area contributed by atoms with Gasteiger partial charge in [-0.15, -0.1) is 0 Å². The highest BCUT2D eigenvalue weighted by Crippen LogP contribution is 2.44. The van der Waals surface area contributed by atoms with Gasteiger partial charge in [-0.05, 0) is 37.5 Å². The molecule has 2 saturated heterocycles. The number of carboxylic acids is 1. The zero-order valence-electron chi connectivity index (χ0n) is 10.4. The number of hydrogen-bond donors (Lipinski definition) is 1.